The van der Waals surface area contributed by atoms with Gasteiger partial charge in [0.05, 0.1) is 0 Å². The summed E-state index contributed by atoms with van der Waals surface area (Å²) in [6.45, 7) is 6.88. The molecule has 2 atom stereocenters. The SMILES string of the molecule is CC(N)C1CCN(C(C)Cc2ccc(Br)cc2)CC1. The second-order valence-corrected chi connectivity index (χ2v) is 6.83. The molecule has 1 aromatic rings. The van der Waals surface area contributed by atoms with Crippen LogP contribution in [0.3, 0.4) is 0 Å². The zero-order valence-corrected chi connectivity index (χ0v) is 13.6. The van der Waals surface area contributed by atoms with E-state index in [-0.39, 0.29) is 0 Å². The molecule has 3 heteroatoms. The topological polar surface area (TPSA) is 29.3 Å². The fourth-order valence-corrected chi connectivity index (χ4v) is 3.24. The maximum absolute atomic E-state index is 6.00. The normalized spacial score (nSPS) is 21.3. The first kappa shape index (κ1) is 15.0. The van der Waals surface area contributed by atoms with Gasteiger partial charge >= 0.3 is 0 Å². The second kappa shape index (κ2) is 6.87. The number of nitrogens with zero attached hydrogens (tertiary/aromatic N) is 1. The van der Waals surface area contributed by atoms with Crippen molar-refractivity contribution in [3.8, 4) is 0 Å². The van der Waals surface area contributed by atoms with Crippen molar-refractivity contribution in [1.29, 1.82) is 0 Å². The molecule has 106 valence electrons. The van der Waals surface area contributed by atoms with Gasteiger partial charge in [0, 0.05) is 16.6 Å². The number of benzene rings is 1. The van der Waals surface area contributed by atoms with E-state index < -0.39 is 0 Å². The molecule has 1 fully saturated rings. The molecule has 0 aliphatic carbocycles. The Hall–Kier alpha value is -0.380. The summed E-state index contributed by atoms with van der Waals surface area (Å²) in [6.07, 6.45) is 3.64. The smallest absolute Gasteiger partial charge is 0.0175 e. The van der Waals surface area contributed by atoms with Gasteiger partial charge in [-0.1, -0.05) is 28.1 Å². The van der Waals surface area contributed by atoms with Gasteiger partial charge in [-0.3, -0.25) is 0 Å². The van der Waals surface area contributed by atoms with Crippen LogP contribution in [0.4, 0.5) is 0 Å². The van der Waals surface area contributed by atoms with Gasteiger partial charge in [-0.2, -0.15) is 0 Å². The highest BCUT2D eigenvalue weighted by Gasteiger charge is 2.24. The summed E-state index contributed by atoms with van der Waals surface area (Å²) < 4.78 is 1.15. The largest absolute Gasteiger partial charge is 0.328 e. The van der Waals surface area contributed by atoms with E-state index in [2.05, 4.69) is 58.9 Å². The molecule has 19 heavy (non-hydrogen) atoms. The summed E-state index contributed by atoms with van der Waals surface area (Å²) in [6, 6.07) is 9.67. The third-order valence-electron chi connectivity index (χ3n) is 4.39. The zero-order valence-electron chi connectivity index (χ0n) is 12.0. The van der Waals surface area contributed by atoms with Crippen LogP contribution in [0.2, 0.25) is 0 Å². The molecule has 1 aliphatic heterocycles. The summed E-state index contributed by atoms with van der Waals surface area (Å²) in [4.78, 5) is 2.61. The quantitative estimate of drug-likeness (QED) is 0.919. The van der Waals surface area contributed by atoms with Crippen molar-refractivity contribution in [3.63, 3.8) is 0 Å². The standard InChI is InChI=1S/C16H25BrN2/c1-12(11-14-3-5-16(17)6-4-14)19-9-7-15(8-10-19)13(2)18/h3-6,12-13,15H,7-11,18H2,1-2H3. The summed E-state index contributed by atoms with van der Waals surface area (Å²) in [7, 11) is 0. The van der Waals surface area contributed by atoms with Gasteiger partial charge < -0.3 is 10.6 Å². The maximum atomic E-state index is 6.00. The number of nitrogens with two attached hydrogens (primary N) is 1. The molecule has 0 amide bonds. The lowest BCUT2D eigenvalue weighted by atomic mass is 9.90. The zero-order chi connectivity index (χ0) is 13.8. The van der Waals surface area contributed by atoms with E-state index in [0.717, 1.165) is 16.8 Å². The van der Waals surface area contributed by atoms with Gasteiger partial charge in [-0.25, -0.2) is 0 Å². The lowest BCUT2D eigenvalue weighted by Gasteiger charge is -2.37. The Bertz CT molecular complexity index is 380. The van der Waals surface area contributed by atoms with Gasteiger partial charge in [0.25, 0.3) is 0 Å². The Morgan fingerprint density at radius 1 is 1.21 bits per heavy atom. The molecule has 0 radical (unpaired) electrons. The van der Waals surface area contributed by atoms with Gasteiger partial charge in [-0.15, -0.1) is 0 Å². The van der Waals surface area contributed by atoms with Gasteiger partial charge in [0.1, 0.15) is 0 Å². The van der Waals surface area contributed by atoms with E-state index in [1.54, 1.807) is 0 Å². The molecular formula is C16H25BrN2. The van der Waals surface area contributed by atoms with E-state index in [1.165, 1.54) is 31.5 Å². The minimum Gasteiger partial charge on any atom is -0.328 e. The fourth-order valence-electron chi connectivity index (χ4n) is 2.98. The van der Waals surface area contributed by atoms with Crippen LogP contribution in [0.1, 0.15) is 32.3 Å². The van der Waals surface area contributed by atoms with Crippen LogP contribution in [0, 0.1) is 5.92 Å². The second-order valence-electron chi connectivity index (χ2n) is 5.91. The third-order valence-corrected chi connectivity index (χ3v) is 4.91. The van der Waals surface area contributed by atoms with Crippen molar-refractivity contribution >= 4 is 15.9 Å². The van der Waals surface area contributed by atoms with E-state index in [4.69, 9.17) is 5.73 Å². The molecule has 2 nitrogen and oxygen atoms in total. The summed E-state index contributed by atoms with van der Waals surface area (Å²) in [5.74, 6) is 0.719. The Morgan fingerprint density at radius 3 is 2.32 bits per heavy atom. The summed E-state index contributed by atoms with van der Waals surface area (Å²) >= 11 is 3.49. The first-order valence-corrected chi connectivity index (χ1v) is 8.09. The van der Waals surface area contributed by atoms with Gasteiger partial charge in [0.2, 0.25) is 0 Å². The van der Waals surface area contributed by atoms with Crippen LogP contribution in [-0.2, 0) is 6.42 Å². The van der Waals surface area contributed by atoms with Crippen molar-refractivity contribution in [2.24, 2.45) is 11.7 Å². The fraction of sp³-hybridized carbons (Fsp3) is 0.625. The van der Waals surface area contributed by atoms with E-state index in [0.29, 0.717) is 12.1 Å². The third kappa shape index (κ3) is 4.30. The van der Waals surface area contributed by atoms with Crippen LogP contribution in [-0.4, -0.2) is 30.1 Å². The molecule has 2 N–H and O–H groups in total. The Kier molecular flexibility index (Phi) is 5.43. The van der Waals surface area contributed by atoms with Crippen molar-refractivity contribution in [2.75, 3.05) is 13.1 Å². The van der Waals surface area contributed by atoms with Crippen molar-refractivity contribution in [3.05, 3.63) is 34.3 Å². The van der Waals surface area contributed by atoms with Crippen LogP contribution >= 0.6 is 15.9 Å². The van der Waals surface area contributed by atoms with Crippen LogP contribution in [0.5, 0.6) is 0 Å². The molecule has 1 aliphatic rings. The lowest BCUT2D eigenvalue weighted by molar-refractivity contribution is 0.132. The molecule has 1 heterocycles. The molecule has 0 aromatic heterocycles. The van der Waals surface area contributed by atoms with Crippen LogP contribution in [0.25, 0.3) is 0 Å². The Labute approximate surface area is 125 Å². The molecule has 0 spiro atoms. The highest BCUT2D eigenvalue weighted by molar-refractivity contribution is 9.10. The van der Waals surface area contributed by atoms with E-state index in [1.807, 2.05) is 0 Å². The molecule has 0 bridgehead atoms. The lowest BCUT2D eigenvalue weighted by Crippen LogP contribution is -2.44. The molecule has 0 saturated carbocycles. The predicted molar refractivity (Wildman–Crippen MR) is 85.3 cm³/mol. The Balaban J connectivity index is 1.84. The van der Waals surface area contributed by atoms with E-state index in [9.17, 15) is 0 Å². The van der Waals surface area contributed by atoms with Crippen molar-refractivity contribution in [2.45, 2.75) is 45.2 Å². The average Bonchev–Trinajstić information content (AvgIpc) is 2.41. The number of piperidine rings is 1. The first-order chi connectivity index (χ1) is 9.06. The van der Waals surface area contributed by atoms with Gasteiger partial charge in [-0.05, 0) is 69.8 Å². The van der Waals surface area contributed by atoms with E-state index >= 15 is 0 Å². The van der Waals surface area contributed by atoms with Gasteiger partial charge in [0.15, 0.2) is 0 Å². The number of hydrogen-bond acceptors (Lipinski definition) is 2. The summed E-state index contributed by atoms with van der Waals surface area (Å²) in [5.41, 5.74) is 7.42. The molecule has 2 rings (SSSR count). The monoisotopic (exact) mass is 324 g/mol. The minimum atomic E-state index is 0.351. The predicted octanol–water partition coefficient (Wildman–Crippen LogP) is 3.44. The highest BCUT2D eigenvalue weighted by Crippen LogP contribution is 2.22. The average molecular weight is 325 g/mol. The van der Waals surface area contributed by atoms with Crippen LogP contribution < -0.4 is 5.73 Å². The molecule has 1 saturated heterocycles. The first-order valence-electron chi connectivity index (χ1n) is 7.30. The van der Waals surface area contributed by atoms with Crippen molar-refractivity contribution in [1.82, 2.24) is 4.90 Å². The molecule has 2 unspecified atom stereocenters. The molecule has 1 aromatic carbocycles. The summed E-state index contributed by atoms with van der Waals surface area (Å²) in [5, 5.41) is 0. The number of rotatable bonds is 4. The number of likely N-dealkylation sites (tertiary alicyclic amines) is 1. The van der Waals surface area contributed by atoms with Crippen molar-refractivity contribution < 1.29 is 0 Å². The van der Waals surface area contributed by atoms with Crippen LogP contribution in [0.15, 0.2) is 28.7 Å². The minimum absolute atomic E-state index is 0.351. The number of hydrogen-bond donors (Lipinski definition) is 1. The maximum Gasteiger partial charge on any atom is 0.0175 e. The molecular weight excluding hydrogens is 300 g/mol. The Morgan fingerprint density at radius 2 is 1.79 bits per heavy atom. The highest BCUT2D eigenvalue weighted by atomic mass is 79.9. The number of halogens is 1.